The van der Waals surface area contributed by atoms with Crippen LogP contribution in [0, 0.1) is 0 Å². The van der Waals surface area contributed by atoms with E-state index in [0.717, 1.165) is 24.3 Å². The molecule has 6 nitrogen and oxygen atoms in total. The largest absolute Gasteiger partial charge is 0.480 e. The third-order valence-electron chi connectivity index (χ3n) is 2.94. The van der Waals surface area contributed by atoms with E-state index >= 15 is 0 Å². The van der Waals surface area contributed by atoms with Crippen molar-refractivity contribution in [3.05, 3.63) is 0 Å². The summed E-state index contributed by atoms with van der Waals surface area (Å²) in [6, 6.07) is -1.10. The van der Waals surface area contributed by atoms with Gasteiger partial charge in [0.25, 0.3) is 0 Å². The molecule has 19 heavy (non-hydrogen) atoms. The predicted molar refractivity (Wildman–Crippen MR) is 74.5 cm³/mol. The Hall–Kier alpha value is -0.950. The molecule has 0 aromatic carbocycles. The molecule has 1 aliphatic rings. The van der Waals surface area contributed by atoms with Gasteiger partial charge in [0.05, 0.1) is 0 Å². The molecule has 0 saturated carbocycles. The summed E-state index contributed by atoms with van der Waals surface area (Å²) in [5, 5.41) is 14.4. The molecule has 1 fully saturated rings. The van der Waals surface area contributed by atoms with Gasteiger partial charge in [-0.2, -0.15) is 11.8 Å². The number of urea groups is 1. The van der Waals surface area contributed by atoms with Gasteiger partial charge in [-0.25, -0.2) is 9.59 Å². The van der Waals surface area contributed by atoms with Crippen LogP contribution in [-0.2, 0) is 9.53 Å². The lowest BCUT2D eigenvalue weighted by Gasteiger charge is -2.23. The predicted octanol–water partition coefficient (Wildman–Crippen LogP) is 1.06. The van der Waals surface area contributed by atoms with Crippen LogP contribution in [0.1, 0.15) is 25.7 Å². The van der Waals surface area contributed by atoms with E-state index in [1.807, 2.05) is 11.8 Å². The maximum Gasteiger partial charge on any atom is 0.326 e. The number of methoxy groups -OCH3 is 1. The Morgan fingerprint density at radius 1 is 1.53 bits per heavy atom. The summed E-state index contributed by atoms with van der Waals surface area (Å²) in [7, 11) is 1.57. The molecule has 1 heterocycles. The number of aliphatic carboxylic acids is 1. The maximum atomic E-state index is 11.7. The van der Waals surface area contributed by atoms with Crippen molar-refractivity contribution in [3.63, 3.8) is 0 Å². The minimum absolute atomic E-state index is 0.146. The minimum atomic E-state index is -1.01. The fourth-order valence-corrected chi connectivity index (χ4v) is 3.00. The Bertz CT molecular complexity index is 295. The molecule has 2 atom stereocenters. The monoisotopic (exact) mass is 290 g/mol. The van der Waals surface area contributed by atoms with E-state index in [1.165, 1.54) is 0 Å². The highest BCUT2D eigenvalue weighted by Gasteiger charge is 2.21. The Kier molecular flexibility index (Phi) is 7.66. The summed E-state index contributed by atoms with van der Waals surface area (Å²) in [4.78, 5) is 22.8. The second kappa shape index (κ2) is 9.03. The topological polar surface area (TPSA) is 87.7 Å². The summed E-state index contributed by atoms with van der Waals surface area (Å²) in [6.45, 7) is 0.492. The number of ether oxygens (including phenoxy) is 1. The van der Waals surface area contributed by atoms with Crippen molar-refractivity contribution in [2.24, 2.45) is 0 Å². The van der Waals surface area contributed by atoms with Gasteiger partial charge in [-0.05, 0) is 31.4 Å². The molecule has 7 heteroatoms. The molecule has 0 aromatic rings. The zero-order chi connectivity index (χ0) is 14.1. The molecule has 0 radical (unpaired) electrons. The Labute approximate surface area is 117 Å². The normalized spacial score (nSPS) is 20.6. The number of hydrogen-bond donors (Lipinski definition) is 3. The average molecular weight is 290 g/mol. The van der Waals surface area contributed by atoms with Crippen LogP contribution in [0.25, 0.3) is 0 Å². The van der Waals surface area contributed by atoms with Crippen molar-refractivity contribution in [3.8, 4) is 0 Å². The molecular weight excluding hydrogens is 268 g/mol. The van der Waals surface area contributed by atoms with Gasteiger partial charge < -0.3 is 20.5 Å². The molecule has 2 unspecified atom stereocenters. The maximum absolute atomic E-state index is 11.7. The summed E-state index contributed by atoms with van der Waals surface area (Å²) in [6.07, 6.45) is 3.02. The summed E-state index contributed by atoms with van der Waals surface area (Å²) >= 11 is 1.81. The molecular formula is C12H22N2O4S. The fraction of sp³-hybridized carbons (Fsp3) is 0.833. The van der Waals surface area contributed by atoms with E-state index < -0.39 is 18.0 Å². The van der Waals surface area contributed by atoms with Crippen molar-refractivity contribution in [2.75, 3.05) is 25.2 Å². The van der Waals surface area contributed by atoms with Crippen molar-refractivity contribution in [1.82, 2.24) is 10.6 Å². The van der Waals surface area contributed by atoms with E-state index in [2.05, 4.69) is 10.6 Å². The van der Waals surface area contributed by atoms with Crippen LogP contribution in [0.5, 0.6) is 0 Å². The van der Waals surface area contributed by atoms with Gasteiger partial charge in [0.15, 0.2) is 0 Å². The molecule has 110 valence electrons. The van der Waals surface area contributed by atoms with E-state index in [4.69, 9.17) is 9.84 Å². The average Bonchev–Trinajstić information content (AvgIpc) is 2.38. The molecule has 2 amide bonds. The van der Waals surface area contributed by atoms with Gasteiger partial charge in [0, 0.05) is 25.5 Å². The van der Waals surface area contributed by atoms with Crippen LogP contribution in [0.2, 0.25) is 0 Å². The number of carboxylic acids is 1. The Morgan fingerprint density at radius 3 is 2.89 bits per heavy atom. The van der Waals surface area contributed by atoms with Crippen LogP contribution in [0.4, 0.5) is 4.79 Å². The Morgan fingerprint density at radius 2 is 2.32 bits per heavy atom. The molecule has 1 saturated heterocycles. The van der Waals surface area contributed by atoms with Crippen LogP contribution in [-0.4, -0.2) is 54.4 Å². The zero-order valence-electron chi connectivity index (χ0n) is 11.2. The van der Waals surface area contributed by atoms with E-state index in [1.54, 1.807) is 7.11 Å². The second-order valence-corrected chi connectivity index (χ2v) is 5.71. The third-order valence-corrected chi connectivity index (χ3v) is 4.16. The van der Waals surface area contributed by atoms with Crippen molar-refractivity contribution < 1.29 is 19.4 Å². The van der Waals surface area contributed by atoms with Gasteiger partial charge in [-0.15, -0.1) is 0 Å². The van der Waals surface area contributed by atoms with Crippen LogP contribution in [0.15, 0.2) is 0 Å². The lowest BCUT2D eigenvalue weighted by Crippen LogP contribution is -2.50. The van der Waals surface area contributed by atoms with Crippen LogP contribution >= 0.6 is 11.8 Å². The number of amides is 2. The zero-order valence-corrected chi connectivity index (χ0v) is 12.0. The van der Waals surface area contributed by atoms with E-state index in [9.17, 15) is 9.59 Å². The number of carboxylic acid groups (broad SMARTS) is 1. The van der Waals surface area contributed by atoms with Crippen molar-refractivity contribution in [2.45, 2.75) is 37.8 Å². The van der Waals surface area contributed by atoms with Crippen molar-refractivity contribution >= 4 is 23.8 Å². The van der Waals surface area contributed by atoms with Gasteiger partial charge in [0.2, 0.25) is 0 Å². The molecule has 3 N–H and O–H groups in total. The van der Waals surface area contributed by atoms with Crippen LogP contribution in [0.3, 0.4) is 0 Å². The van der Waals surface area contributed by atoms with Gasteiger partial charge in [-0.1, -0.05) is 0 Å². The first-order chi connectivity index (χ1) is 9.13. The smallest absolute Gasteiger partial charge is 0.326 e. The number of hydrogen-bond acceptors (Lipinski definition) is 4. The summed E-state index contributed by atoms with van der Waals surface area (Å²) in [5.74, 6) is 1.02. The molecule has 0 aliphatic carbocycles. The quantitative estimate of drug-likeness (QED) is 0.610. The highest BCUT2D eigenvalue weighted by molar-refractivity contribution is 7.99. The lowest BCUT2D eigenvalue weighted by atomic mass is 10.1. The van der Waals surface area contributed by atoms with E-state index in [0.29, 0.717) is 19.4 Å². The number of thioether (sulfide) groups is 1. The number of nitrogens with one attached hydrogen (secondary N) is 2. The molecule has 0 bridgehead atoms. The lowest BCUT2D eigenvalue weighted by molar-refractivity contribution is -0.139. The van der Waals surface area contributed by atoms with Gasteiger partial charge >= 0.3 is 12.0 Å². The molecule has 1 aliphatic heterocycles. The first-order valence-electron chi connectivity index (χ1n) is 6.50. The minimum Gasteiger partial charge on any atom is -0.480 e. The highest BCUT2D eigenvalue weighted by Crippen LogP contribution is 2.16. The van der Waals surface area contributed by atoms with Crippen LogP contribution < -0.4 is 10.6 Å². The molecule has 0 aromatic heterocycles. The van der Waals surface area contributed by atoms with Gasteiger partial charge in [0.1, 0.15) is 6.04 Å². The number of carbonyl (C=O) groups excluding carboxylic acids is 1. The number of carbonyl (C=O) groups is 2. The fourth-order valence-electron chi connectivity index (χ4n) is 1.93. The Balaban J connectivity index is 2.31. The second-order valence-electron chi connectivity index (χ2n) is 4.56. The number of rotatable bonds is 7. The SMILES string of the molecule is COCCCC(NC(=O)NC1CCCSC1)C(=O)O. The standard InChI is InChI=1S/C12H22N2O4S/c1-18-6-2-5-10(11(15)16)14-12(17)13-9-4-3-7-19-8-9/h9-10H,2-8H2,1H3,(H,15,16)(H2,13,14,17). The summed E-state index contributed by atoms with van der Waals surface area (Å²) < 4.78 is 4.87. The third kappa shape index (κ3) is 6.68. The van der Waals surface area contributed by atoms with E-state index in [-0.39, 0.29) is 6.04 Å². The van der Waals surface area contributed by atoms with Gasteiger partial charge in [-0.3, -0.25) is 0 Å². The first-order valence-corrected chi connectivity index (χ1v) is 7.65. The summed E-state index contributed by atoms with van der Waals surface area (Å²) in [5.41, 5.74) is 0. The first kappa shape index (κ1) is 16.1. The molecule has 1 rings (SSSR count). The highest BCUT2D eigenvalue weighted by atomic mass is 32.2. The van der Waals surface area contributed by atoms with Crippen molar-refractivity contribution in [1.29, 1.82) is 0 Å². The molecule has 0 spiro atoms.